The van der Waals surface area contributed by atoms with Crippen LogP contribution in [-0.2, 0) is 13.0 Å². The zero-order chi connectivity index (χ0) is 14.1. The molecule has 0 spiro atoms. The summed E-state index contributed by atoms with van der Waals surface area (Å²) in [4.78, 5) is 0. The second kappa shape index (κ2) is 8.37. The van der Waals surface area contributed by atoms with Crippen molar-refractivity contribution in [2.75, 3.05) is 6.54 Å². The Bertz CT molecular complexity index is 354. The number of unbranched alkanes of at least 4 members (excludes halogenated alkanes) is 2. The van der Waals surface area contributed by atoms with E-state index in [1.807, 2.05) is 0 Å². The first-order valence-corrected chi connectivity index (χ1v) is 7.86. The van der Waals surface area contributed by atoms with Crippen LogP contribution in [0.3, 0.4) is 0 Å². The molecule has 108 valence electrons. The number of rotatable bonds is 9. The van der Waals surface area contributed by atoms with Gasteiger partial charge in [0.15, 0.2) is 0 Å². The SMILES string of the molecule is CCCCCC(C)(C)CNCc1ccccc1CC. The molecule has 1 heteroatoms. The highest BCUT2D eigenvalue weighted by Gasteiger charge is 2.16. The third-order valence-electron chi connectivity index (χ3n) is 3.88. The minimum atomic E-state index is 0.413. The summed E-state index contributed by atoms with van der Waals surface area (Å²) < 4.78 is 0. The number of hydrogen-bond acceptors (Lipinski definition) is 1. The Morgan fingerprint density at radius 3 is 2.32 bits per heavy atom. The largest absolute Gasteiger partial charge is 0.312 e. The highest BCUT2D eigenvalue weighted by atomic mass is 14.9. The highest BCUT2D eigenvalue weighted by molar-refractivity contribution is 5.26. The molecule has 1 aromatic rings. The van der Waals surface area contributed by atoms with Crippen LogP contribution in [0.25, 0.3) is 0 Å². The molecule has 0 saturated carbocycles. The van der Waals surface area contributed by atoms with E-state index < -0.39 is 0 Å². The van der Waals surface area contributed by atoms with Crippen molar-refractivity contribution >= 4 is 0 Å². The fraction of sp³-hybridized carbons (Fsp3) is 0.667. The third kappa shape index (κ3) is 6.24. The van der Waals surface area contributed by atoms with Gasteiger partial charge in [-0.15, -0.1) is 0 Å². The van der Waals surface area contributed by atoms with Crippen LogP contribution in [0.15, 0.2) is 24.3 Å². The minimum absolute atomic E-state index is 0.413. The Hall–Kier alpha value is -0.820. The average Bonchev–Trinajstić information content (AvgIpc) is 2.39. The second-order valence-corrected chi connectivity index (χ2v) is 6.35. The zero-order valence-corrected chi connectivity index (χ0v) is 13.3. The summed E-state index contributed by atoms with van der Waals surface area (Å²) in [7, 11) is 0. The molecular formula is C18H31N. The smallest absolute Gasteiger partial charge is 0.0208 e. The van der Waals surface area contributed by atoms with Crippen LogP contribution < -0.4 is 5.32 Å². The van der Waals surface area contributed by atoms with Gasteiger partial charge in [-0.3, -0.25) is 0 Å². The summed E-state index contributed by atoms with van der Waals surface area (Å²) in [5.74, 6) is 0. The van der Waals surface area contributed by atoms with Gasteiger partial charge in [0.2, 0.25) is 0 Å². The van der Waals surface area contributed by atoms with E-state index in [0.29, 0.717) is 5.41 Å². The Balaban J connectivity index is 2.36. The molecule has 1 rings (SSSR count). The number of aryl methyl sites for hydroxylation is 1. The molecule has 1 aromatic carbocycles. The van der Waals surface area contributed by atoms with Gasteiger partial charge in [0.05, 0.1) is 0 Å². The lowest BCUT2D eigenvalue weighted by molar-refractivity contribution is 0.302. The van der Waals surface area contributed by atoms with Crippen LogP contribution in [0.4, 0.5) is 0 Å². The molecule has 1 nitrogen and oxygen atoms in total. The van der Waals surface area contributed by atoms with Gasteiger partial charge < -0.3 is 5.32 Å². The highest BCUT2D eigenvalue weighted by Crippen LogP contribution is 2.23. The van der Waals surface area contributed by atoms with E-state index in [1.54, 1.807) is 0 Å². The Morgan fingerprint density at radius 2 is 1.68 bits per heavy atom. The van der Waals surface area contributed by atoms with Crippen molar-refractivity contribution < 1.29 is 0 Å². The summed E-state index contributed by atoms with van der Waals surface area (Å²) in [6.07, 6.45) is 6.48. The molecule has 0 atom stereocenters. The second-order valence-electron chi connectivity index (χ2n) is 6.35. The number of nitrogens with one attached hydrogen (secondary N) is 1. The van der Waals surface area contributed by atoms with Crippen molar-refractivity contribution in [2.24, 2.45) is 5.41 Å². The monoisotopic (exact) mass is 261 g/mol. The lowest BCUT2D eigenvalue weighted by Gasteiger charge is -2.25. The first kappa shape index (κ1) is 16.2. The molecule has 0 heterocycles. The van der Waals surface area contributed by atoms with Gasteiger partial charge in [-0.1, -0.05) is 71.2 Å². The molecular weight excluding hydrogens is 230 g/mol. The van der Waals surface area contributed by atoms with E-state index in [9.17, 15) is 0 Å². The predicted molar refractivity (Wildman–Crippen MR) is 85.4 cm³/mol. The van der Waals surface area contributed by atoms with Gasteiger partial charge in [0, 0.05) is 13.1 Å². The van der Waals surface area contributed by atoms with Crippen molar-refractivity contribution in [2.45, 2.75) is 66.3 Å². The molecule has 19 heavy (non-hydrogen) atoms. The Kier molecular flexibility index (Phi) is 7.15. The minimum Gasteiger partial charge on any atom is -0.312 e. The number of benzene rings is 1. The normalized spacial score (nSPS) is 11.8. The van der Waals surface area contributed by atoms with E-state index in [-0.39, 0.29) is 0 Å². The van der Waals surface area contributed by atoms with E-state index in [4.69, 9.17) is 0 Å². The molecule has 0 aliphatic carbocycles. The maximum absolute atomic E-state index is 3.64. The molecule has 0 fully saturated rings. The summed E-state index contributed by atoms with van der Waals surface area (Å²) in [6.45, 7) is 11.4. The summed E-state index contributed by atoms with van der Waals surface area (Å²) in [6, 6.07) is 8.76. The van der Waals surface area contributed by atoms with Crippen LogP contribution in [0.5, 0.6) is 0 Å². The molecule has 0 saturated heterocycles. The van der Waals surface area contributed by atoms with E-state index in [2.05, 4.69) is 57.3 Å². The molecule has 0 amide bonds. The maximum Gasteiger partial charge on any atom is 0.0208 e. The lowest BCUT2D eigenvalue weighted by Crippen LogP contribution is -2.29. The molecule has 1 N–H and O–H groups in total. The molecule has 0 aliphatic rings. The fourth-order valence-corrected chi connectivity index (χ4v) is 2.55. The van der Waals surface area contributed by atoms with E-state index >= 15 is 0 Å². The fourth-order valence-electron chi connectivity index (χ4n) is 2.55. The van der Waals surface area contributed by atoms with Crippen LogP contribution in [-0.4, -0.2) is 6.54 Å². The van der Waals surface area contributed by atoms with Crippen LogP contribution in [0.1, 0.15) is 64.5 Å². The van der Waals surface area contributed by atoms with Crippen molar-refractivity contribution in [3.8, 4) is 0 Å². The zero-order valence-electron chi connectivity index (χ0n) is 13.3. The summed E-state index contributed by atoms with van der Waals surface area (Å²) in [5, 5.41) is 3.64. The van der Waals surface area contributed by atoms with Crippen LogP contribution in [0.2, 0.25) is 0 Å². The number of hydrogen-bond donors (Lipinski definition) is 1. The van der Waals surface area contributed by atoms with Crippen LogP contribution in [0, 0.1) is 5.41 Å². The van der Waals surface area contributed by atoms with Gasteiger partial charge in [-0.05, 0) is 29.4 Å². The van der Waals surface area contributed by atoms with Crippen molar-refractivity contribution in [3.05, 3.63) is 35.4 Å². The molecule has 0 bridgehead atoms. The van der Waals surface area contributed by atoms with Gasteiger partial charge in [-0.2, -0.15) is 0 Å². The predicted octanol–water partition coefficient (Wildman–Crippen LogP) is 4.95. The standard InChI is InChI=1S/C18H31N/c1-5-7-10-13-18(3,4)15-19-14-17-12-9-8-11-16(17)6-2/h8-9,11-12,19H,5-7,10,13-15H2,1-4H3. The Labute approximate surface area is 119 Å². The molecule has 0 radical (unpaired) electrons. The molecule has 0 aromatic heterocycles. The maximum atomic E-state index is 3.64. The average molecular weight is 261 g/mol. The third-order valence-corrected chi connectivity index (χ3v) is 3.88. The Morgan fingerprint density at radius 1 is 1.00 bits per heavy atom. The van der Waals surface area contributed by atoms with Crippen molar-refractivity contribution in [1.82, 2.24) is 5.32 Å². The summed E-state index contributed by atoms with van der Waals surface area (Å²) in [5.41, 5.74) is 3.34. The lowest BCUT2D eigenvalue weighted by atomic mass is 9.87. The van der Waals surface area contributed by atoms with Crippen molar-refractivity contribution in [1.29, 1.82) is 0 Å². The van der Waals surface area contributed by atoms with Gasteiger partial charge in [-0.25, -0.2) is 0 Å². The van der Waals surface area contributed by atoms with Gasteiger partial charge in [0.1, 0.15) is 0 Å². The van der Waals surface area contributed by atoms with Gasteiger partial charge >= 0.3 is 0 Å². The first-order valence-electron chi connectivity index (χ1n) is 7.86. The van der Waals surface area contributed by atoms with E-state index in [0.717, 1.165) is 19.5 Å². The summed E-state index contributed by atoms with van der Waals surface area (Å²) >= 11 is 0. The van der Waals surface area contributed by atoms with E-state index in [1.165, 1.54) is 36.8 Å². The van der Waals surface area contributed by atoms with Crippen LogP contribution >= 0.6 is 0 Å². The quantitative estimate of drug-likeness (QED) is 0.620. The van der Waals surface area contributed by atoms with Crippen molar-refractivity contribution in [3.63, 3.8) is 0 Å². The first-order chi connectivity index (χ1) is 9.09. The molecule has 0 unspecified atom stereocenters. The van der Waals surface area contributed by atoms with Gasteiger partial charge in [0.25, 0.3) is 0 Å². The topological polar surface area (TPSA) is 12.0 Å². The molecule has 0 aliphatic heterocycles.